The zero-order chi connectivity index (χ0) is 19.7. The summed E-state index contributed by atoms with van der Waals surface area (Å²) >= 11 is 0. The van der Waals surface area contributed by atoms with Crippen molar-refractivity contribution in [1.82, 2.24) is 0 Å². The van der Waals surface area contributed by atoms with Crippen LogP contribution in [0.15, 0.2) is 12.2 Å². The lowest BCUT2D eigenvalue weighted by Gasteiger charge is -2.28. The van der Waals surface area contributed by atoms with Crippen LogP contribution >= 0.6 is 19.7 Å². The molecule has 0 aliphatic heterocycles. The number of rotatable bonds is 18. The van der Waals surface area contributed by atoms with Gasteiger partial charge in [0.05, 0.1) is 31.3 Å². The van der Waals surface area contributed by atoms with E-state index in [0.29, 0.717) is 12.2 Å². The summed E-state index contributed by atoms with van der Waals surface area (Å²) in [7, 11) is -0.710. The average Bonchev–Trinajstić information content (AvgIpc) is 2.64. The molecule has 0 fully saturated rings. The van der Waals surface area contributed by atoms with Gasteiger partial charge in [0.25, 0.3) is 0 Å². The lowest BCUT2D eigenvalue weighted by atomic mass is 10.2. The summed E-state index contributed by atoms with van der Waals surface area (Å²) < 4.78 is 5.16. The second kappa shape index (κ2) is 19.3. The standard InChI is InChI=1S/C23H46O2P.ClH/c1-6-9-18-26(19-10-7-2,20-11-8-3)21-16-14-12-13-15-17-25-23(24)22(4)5;/h4,6-21H2,1-3,5H3;1H/q+1;. The Balaban J connectivity index is 0. The Bertz CT molecular complexity index is 350. The van der Waals surface area contributed by atoms with Crippen LogP contribution < -0.4 is 0 Å². The van der Waals surface area contributed by atoms with Gasteiger partial charge in [0, 0.05) is 12.8 Å². The van der Waals surface area contributed by atoms with Gasteiger partial charge in [0.2, 0.25) is 0 Å². The number of unbranched alkanes of at least 4 members (excludes halogenated alkanes) is 7. The minimum Gasteiger partial charge on any atom is -0.462 e. The van der Waals surface area contributed by atoms with Crippen LogP contribution in [0.5, 0.6) is 0 Å². The molecule has 0 saturated heterocycles. The van der Waals surface area contributed by atoms with Crippen LogP contribution in [0.25, 0.3) is 0 Å². The molecule has 0 atom stereocenters. The summed E-state index contributed by atoms with van der Waals surface area (Å²) in [6.45, 7) is 12.9. The zero-order valence-corrected chi connectivity index (χ0v) is 20.4. The van der Waals surface area contributed by atoms with Crippen molar-refractivity contribution in [3.63, 3.8) is 0 Å². The van der Waals surface area contributed by atoms with E-state index in [2.05, 4.69) is 27.4 Å². The van der Waals surface area contributed by atoms with Gasteiger partial charge < -0.3 is 4.74 Å². The van der Waals surface area contributed by atoms with Crippen LogP contribution in [-0.2, 0) is 9.53 Å². The van der Waals surface area contributed by atoms with Crippen LogP contribution in [0.4, 0.5) is 0 Å². The van der Waals surface area contributed by atoms with E-state index < -0.39 is 7.26 Å². The molecule has 0 N–H and O–H groups in total. The number of halogens is 1. The van der Waals surface area contributed by atoms with Gasteiger partial charge in [0.1, 0.15) is 0 Å². The average molecular weight is 422 g/mol. The molecule has 0 aromatic carbocycles. The molecule has 0 heterocycles. The van der Waals surface area contributed by atoms with Gasteiger partial charge in [0.15, 0.2) is 0 Å². The van der Waals surface area contributed by atoms with Gasteiger partial charge in [-0.2, -0.15) is 0 Å². The van der Waals surface area contributed by atoms with Gasteiger partial charge >= 0.3 is 5.97 Å². The molecule has 2 nitrogen and oxygen atoms in total. The highest BCUT2D eigenvalue weighted by Crippen LogP contribution is 2.61. The Morgan fingerprint density at radius 2 is 1.15 bits per heavy atom. The highest BCUT2D eigenvalue weighted by atomic mass is 35.5. The molecule has 162 valence electrons. The Hall–Kier alpha value is -0.0700. The Labute approximate surface area is 177 Å². The second-order valence-electron chi connectivity index (χ2n) is 7.98. The number of hydrogen-bond donors (Lipinski definition) is 0. The van der Waals surface area contributed by atoms with E-state index in [1.807, 2.05) is 0 Å². The number of carbonyl (C=O) groups excluding carboxylic acids is 1. The summed E-state index contributed by atoms with van der Waals surface area (Å²) in [6, 6.07) is 0. The topological polar surface area (TPSA) is 26.3 Å². The molecule has 0 aliphatic carbocycles. The molecule has 4 heteroatoms. The summed E-state index contributed by atoms with van der Waals surface area (Å²) in [5, 5.41) is 0. The predicted molar refractivity (Wildman–Crippen MR) is 127 cm³/mol. The number of hydrogen-bond acceptors (Lipinski definition) is 2. The molecular formula is C23H47ClO2P+. The van der Waals surface area contributed by atoms with E-state index in [1.54, 1.807) is 25.4 Å². The van der Waals surface area contributed by atoms with Gasteiger partial charge in [-0.1, -0.05) is 59.5 Å². The lowest BCUT2D eigenvalue weighted by molar-refractivity contribution is -0.139. The van der Waals surface area contributed by atoms with Crippen LogP contribution in [0.1, 0.15) is 98.3 Å². The van der Waals surface area contributed by atoms with Crippen LogP contribution in [0.3, 0.4) is 0 Å². The van der Waals surface area contributed by atoms with E-state index >= 15 is 0 Å². The molecule has 0 bridgehead atoms. The first-order chi connectivity index (χ1) is 12.5. The molecule has 0 radical (unpaired) electrons. The summed E-state index contributed by atoms with van der Waals surface area (Å²) in [5.41, 5.74) is 0.497. The third-order valence-electron chi connectivity index (χ3n) is 5.32. The van der Waals surface area contributed by atoms with Crippen molar-refractivity contribution >= 4 is 25.6 Å². The number of ether oxygens (including phenoxy) is 1. The first-order valence-corrected chi connectivity index (χ1v) is 13.7. The lowest BCUT2D eigenvalue weighted by Crippen LogP contribution is -2.13. The fraction of sp³-hybridized carbons (Fsp3) is 0.870. The molecule has 0 aliphatic rings. The largest absolute Gasteiger partial charge is 0.462 e. The third-order valence-corrected chi connectivity index (χ3v) is 10.4. The Morgan fingerprint density at radius 1 is 0.741 bits per heavy atom. The van der Waals surface area contributed by atoms with Crippen molar-refractivity contribution in [2.75, 3.05) is 31.3 Å². The molecule has 0 amide bonds. The van der Waals surface area contributed by atoms with E-state index in [-0.39, 0.29) is 18.4 Å². The third kappa shape index (κ3) is 15.5. The second-order valence-corrected chi connectivity index (χ2v) is 12.5. The maximum Gasteiger partial charge on any atom is 0.333 e. The van der Waals surface area contributed by atoms with Crippen molar-refractivity contribution in [2.24, 2.45) is 0 Å². The van der Waals surface area contributed by atoms with Crippen molar-refractivity contribution in [3.05, 3.63) is 12.2 Å². The van der Waals surface area contributed by atoms with Crippen molar-refractivity contribution in [2.45, 2.75) is 98.3 Å². The summed E-state index contributed by atoms with van der Waals surface area (Å²) in [5.74, 6) is -0.248. The van der Waals surface area contributed by atoms with E-state index in [9.17, 15) is 4.79 Å². The molecular weight excluding hydrogens is 375 g/mol. The quantitative estimate of drug-likeness (QED) is 0.0972. The maximum absolute atomic E-state index is 11.3. The van der Waals surface area contributed by atoms with Gasteiger partial charge in [-0.15, -0.1) is 12.4 Å². The first-order valence-electron chi connectivity index (χ1n) is 11.2. The van der Waals surface area contributed by atoms with Crippen molar-refractivity contribution in [3.8, 4) is 0 Å². The van der Waals surface area contributed by atoms with Crippen LogP contribution in [-0.4, -0.2) is 37.2 Å². The predicted octanol–water partition coefficient (Wildman–Crippen LogP) is 7.90. The monoisotopic (exact) mass is 421 g/mol. The molecule has 0 unspecified atom stereocenters. The SMILES string of the molecule is C=C(C)C(=O)OCCCCCCC[P+](CCCC)(CCCC)CCCC.Cl. The molecule has 0 aromatic rings. The van der Waals surface area contributed by atoms with Crippen LogP contribution in [0.2, 0.25) is 0 Å². The zero-order valence-electron chi connectivity index (χ0n) is 18.7. The molecule has 0 aromatic heterocycles. The normalized spacial score (nSPS) is 11.1. The molecule has 0 spiro atoms. The number of carbonyl (C=O) groups is 1. The molecule has 27 heavy (non-hydrogen) atoms. The van der Waals surface area contributed by atoms with Crippen LogP contribution in [0, 0.1) is 0 Å². The smallest absolute Gasteiger partial charge is 0.333 e. The Kier molecular flexibility index (Phi) is 20.8. The van der Waals surface area contributed by atoms with Crippen molar-refractivity contribution in [1.29, 1.82) is 0 Å². The van der Waals surface area contributed by atoms with Gasteiger partial charge in [-0.05, 0) is 45.4 Å². The fourth-order valence-electron chi connectivity index (χ4n) is 3.52. The minimum atomic E-state index is -0.710. The fourth-order valence-corrected chi connectivity index (χ4v) is 8.72. The summed E-state index contributed by atoms with van der Waals surface area (Å²) in [6.07, 6.45) is 20.7. The highest BCUT2D eigenvalue weighted by Gasteiger charge is 2.34. The van der Waals surface area contributed by atoms with Gasteiger partial charge in [-0.3, -0.25) is 0 Å². The van der Waals surface area contributed by atoms with Crippen molar-refractivity contribution < 1.29 is 9.53 Å². The molecule has 0 saturated carbocycles. The van der Waals surface area contributed by atoms with Gasteiger partial charge in [-0.25, -0.2) is 4.79 Å². The maximum atomic E-state index is 11.3. The number of esters is 1. The highest BCUT2D eigenvalue weighted by molar-refractivity contribution is 7.75. The minimum absolute atomic E-state index is 0. The van der Waals surface area contributed by atoms with E-state index in [0.717, 1.165) is 6.42 Å². The van der Waals surface area contributed by atoms with E-state index in [1.165, 1.54) is 70.4 Å². The first kappa shape index (κ1) is 29.1. The summed E-state index contributed by atoms with van der Waals surface area (Å²) in [4.78, 5) is 11.3. The Morgan fingerprint density at radius 3 is 1.59 bits per heavy atom. The van der Waals surface area contributed by atoms with E-state index in [4.69, 9.17) is 4.74 Å². The molecule has 0 rings (SSSR count).